The number of hydrogen-bond donors (Lipinski definition) is 0. The molecule has 34 heavy (non-hydrogen) atoms. The van der Waals surface area contributed by atoms with Gasteiger partial charge in [0, 0.05) is 23.7 Å². The van der Waals surface area contributed by atoms with Gasteiger partial charge in [0.15, 0.2) is 0 Å². The van der Waals surface area contributed by atoms with Crippen LogP contribution in [0.1, 0.15) is 73.8 Å². The number of nitrogens with zero attached hydrogens (tertiary/aromatic N) is 2. The summed E-state index contributed by atoms with van der Waals surface area (Å²) in [6.45, 7) is 17.7. The van der Waals surface area contributed by atoms with Gasteiger partial charge in [-0.3, -0.25) is 0 Å². The number of rotatable bonds is 4. The number of piperidine rings is 1. The minimum atomic E-state index is 0.605. The number of aryl methyl sites for hydroxylation is 3. The van der Waals surface area contributed by atoms with E-state index in [1.807, 2.05) is 6.92 Å². The maximum Gasteiger partial charge on any atom is 0.0366 e. The highest BCUT2D eigenvalue weighted by Gasteiger charge is 2.35. The first-order valence-electron chi connectivity index (χ1n) is 13.0. The molecule has 0 aromatic heterocycles. The second-order valence-corrected chi connectivity index (χ2v) is 11.1. The molecule has 2 fully saturated rings. The number of benzene rings is 2. The largest absolute Gasteiger partial charge is 0.371 e. The van der Waals surface area contributed by atoms with E-state index in [0.717, 1.165) is 11.3 Å². The van der Waals surface area contributed by atoms with Gasteiger partial charge in [-0.1, -0.05) is 67.7 Å². The summed E-state index contributed by atoms with van der Waals surface area (Å²) in [6, 6.07) is 15.1. The summed E-state index contributed by atoms with van der Waals surface area (Å²) in [5.41, 5.74) is 8.35. The minimum Gasteiger partial charge on any atom is -0.371 e. The van der Waals surface area contributed by atoms with Crippen LogP contribution in [-0.4, -0.2) is 47.9 Å². The van der Waals surface area contributed by atoms with Crippen molar-refractivity contribution in [2.75, 3.05) is 33.2 Å². The molecule has 2 nitrogen and oxygen atoms in total. The van der Waals surface area contributed by atoms with Crippen LogP contribution >= 0.6 is 12.2 Å². The molecule has 2 aromatic rings. The third-order valence-corrected chi connectivity index (χ3v) is 8.12. The van der Waals surface area contributed by atoms with Gasteiger partial charge in [-0.15, -0.1) is 0 Å². The third-order valence-electron chi connectivity index (χ3n) is 7.92. The summed E-state index contributed by atoms with van der Waals surface area (Å²) in [4.78, 5) is 6.02. The molecule has 0 N–H and O–H groups in total. The van der Waals surface area contributed by atoms with Crippen LogP contribution in [0.2, 0.25) is 0 Å². The molecule has 184 valence electrons. The van der Waals surface area contributed by atoms with E-state index in [-0.39, 0.29) is 0 Å². The molecular weight excluding hydrogens is 432 g/mol. The molecule has 2 aliphatic heterocycles. The van der Waals surface area contributed by atoms with Gasteiger partial charge in [0.25, 0.3) is 0 Å². The van der Waals surface area contributed by atoms with E-state index in [4.69, 9.17) is 12.2 Å². The van der Waals surface area contributed by atoms with Gasteiger partial charge in [-0.25, -0.2) is 0 Å². The molecule has 4 rings (SSSR count). The molecule has 0 unspecified atom stereocenters. The summed E-state index contributed by atoms with van der Waals surface area (Å²) < 4.78 is 0. The average Bonchev–Trinajstić information content (AvgIpc) is 3.00. The van der Waals surface area contributed by atoms with E-state index >= 15 is 0 Å². The predicted molar refractivity (Wildman–Crippen MR) is 153 cm³/mol. The lowest BCUT2D eigenvalue weighted by Crippen LogP contribution is -2.39. The average molecular weight is 477 g/mol. The summed E-state index contributed by atoms with van der Waals surface area (Å²) in [5.74, 6) is 0. The van der Waals surface area contributed by atoms with Crippen molar-refractivity contribution in [3.63, 3.8) is 0 Å². The molecule has 0 saturated carbocycles. The van der Waals surface area contributed by atoms with Crippen molar-refractivity contribution < 1.29 is 0 Å². The van der Waals surface area contributed by atoms with Gasteiger partial charge < -0.3 is 9.80 Å². The second-order valence-electron chi connectivity index (χ2n) is 10.5. The molecule has 2 heterocycles. The Hall–Kier alpha value is -1.97. The first-order chi connectivity index (χ1) is 16.2. The highest BCUT2D eigenvalue weighted by atomic mass is 32.1. The lowest BCUT2D eigenvalue weighted by Gasteiger charge is -2.43. The maximum atomic E-state index is 5.20. The normalized spacial score (nSPS) is 18.1. The quantitative estimate of drug-likeness (QED) is 0.334. The second kappa shape index (κ2) is 12.1. The Morgan fingerprint density at radius 2 is 1.65 bits per heavy atom. The first kappa shape index (κ1) is 26.6. The zero-order valence-electron chi connectivity index (χ0n) is 22.1. The van der Waals surface area contributed by atoms with E-state index in [2.05, 4.69) is 86.7 Å². The summed E-state index contributed by atoms with van der Waals surface area (Å²) in [7, 11) is 2.27. The molecule has 0 aliphatic carbocycles. The Labute approximate surface area is 214 Å². The molecule has 0 radical (unpaired) electrons. The van der Waals surface area contributed by atoms with Crippen molar-refractivity contribution in [2.45, 2.75) is 66.2 Å². The zero-order chi connectivity index (χ0) is 24.7. The van der Waals surface area contributed by atoms with Crippen LogP contribution in [0, 0.1) is 19.3 Å². The molecule has 2 aliphatic rings. The van der Waals surface area contributed by atoms with Crippen molar-refractivity contribution in [3.8, 4) is 0 Å². The van der Waals surface area contributed by atoms with Crippen molar-refractivity contribution in [1.82, 2.24) is 9.80 Å². The number of thiocarbonyl (C=S) groups is 1. The third kappa shape index (κ3) is 6.79. The molecule has 2 aromatic carbocycles. The summed E-state index contributed by atoms with van der Waals surface area (Å²) in [5, 5.41) is 0. The minimum absolute atomic E-state index is 0.605. The van der Waals surface area contributed by atoms with Gasteiger partial charge in [0.2, 0.25) is 0 Å². The smallest absolute Gasteiger partial charge is 0.0366 e. The highest BCUT2D eigenvalue weighted by molar-refractivity contribution is 7.80. The number of likely N-dealkylation sites (tertiary alicyclic amines) is 2. The summed E-state index contributed by atoms with van der Waals surface area (Å²) in [6.07, 6.45) is 7.91. The summed E-state index contributed by atoms with van der Waals surface area (Å²) >= 11 is 5.20. The fraction of sp³-hybridized carbons (Fsp3) is 0.516. The first-order valence-corrected chi connectivity index (χ1v) is 13.4. The Morgan fingerprint density at radius 1 is 0.971 bits per heavy atom. The van der Waals surface area contributed by atoms with E-state index in [9.17, 15) is 0 Å². The molecule has 2 saturated heterocycles. The molecule has 0 bridgehead atoms. The Balaban J connectivity index is 0.000000229. The van der Waals surface area contributed by atoms with Gasteiger partial charge in [-0.05, 0) is 113 Å². The van der Waals surface area contributed by atoms with Crippen molar-refractivity contribution >= 4 is 22.8 Å². The zero-order valence-corrected chi connectivity index (χ0v) is 22.9. The topological polar surface area (TPSA) is 6.48 Å². The van der Waals surface area contributed by atoms with Crippen LogP contribution in [0.5, 0.6) is 0 Å². The Kier molecular flexibility index (Phi) is 9.50. The van der Waals surface area contributed by atoms with Gasteiger partial charge in [0.1, 0.15) is 0 Å². The SMILES string of the molecule is C=C(c1cccc(C)c1)N1CCC2(CCCN(C)CC2)CC1.CCc1cccc(C)c1C(C)=S. The predicted octanol–water partition coefficient (Wildman–Crippen LogP) is 7.46. The fourth-order valence-electron chi connectivity index (χ4n) is 5.67. The molecule has 1 spiro atoms. The molecular formula is C31H44N2S. The van der Waals surface area contributed by atoms with E-state index in [0.29, 0.717) is 5.41 Å². The van der Waals surface area contributed by atoms with Gasteiger partial charge in [-0.2, -0.15) is 0 Å². The molecule has 3 heteroatoms. The lowest BCUT2D eigenvalue weighted by atomic mass is 9.73. The van der Waals surface area contributed by atoms with Crippen LogP contribution in [0.25, 0.3) is 5.70 Å². The molecule has 0 amide bonds. The Morgan fingerprint density at radius 3 is 2.26 bits per heavy atom. The standard InChI is InChI=1S/C20H30N2.C11H14S/c1-17-6-4-7-19(16-17)18(2)22-14-10-20(11-15-22)8-5-12-21(3)13-9-20;1-4-10-7-5-6-8(2)11(10)9(3)12/h4,6-7,16H,2,5,8-15H2,1,3H3;5-7H,4H2,1-3H3. The van der Waals surface area contributed by atoms with Crippen LogP contribution in [0.15, 0.2) is 49.0 Å². The maximum absolute atomic E-state index is 5.20. The van der Waals surface area contributed by atoms with Crippen LogP contribution in [-0.2, 0) is 6.42 Å². The van der Waals surface area contributed by atoms with Crippen LogP contribution in [0.4, 0.5) is 0 Å². The molecule has 0 atom stereocenters. The van der Waals surface area contributed by atoms with Crippen molar-refractivity contribution in [3.05, 3.63) is 76.9 Å². The highest BCUT2D eigenvalue weighted by Crippen LogP contribution is 2.42. The monoisotopic (exact) mass is 476 g/mol. The van der Waals surface area contributed by atoms with E-state index in [1.165, 1.54) is 91.8 Å². The fourth-order valence-corrected chi connectivity index (χ4v) is 5.97. The Bertz CT molecular complexity index is 985. The van der Waals surface area contributed by atoms with E-state index in [1.54, 1.807) is 0 Å². The van der Waals surface area contributed by atoms with Gasteiger partial charge >= 0.3 is 0 Å². The van der Waals surface area contributed by atoms with Crippen LogP contribution < -0.4 is 0 Å². The van der Waals surface area contributed by atoms with Gasteiger partial charge in [0.05, 0.1) is 0 Å². The van der Waals surface area contributed by atoms with Crippen molar-refractivity contribution in [1.29, 1.82) is 0 Å². The van der Waals surface area contributed by atoms with Crippen LogP contribution in [0.3, 0.4) is 0 Å². The number of hydrogen-bond acceptors (Lipinski definition) is 3. The lowest BCUT2D eigenvalue weighted by molar-refractivity contribution is 0.122. The van der Waals surface area contributed by atoms with E-state index < -0.39 is 0 Å². The van der Waals surface area contributed by atoms with Crippen molar-refractivity contribution in [2.24, 2.45) is 5.41 Å².